The van der Waals surface area contributed by atoms with E-state index in [0.717, 1.165) is 123 Å². The Bertz CT molecular complexity index is 6330. The molecule has 1 amide bonds. The highest BCUT2D eigenvalue weighted by Crippen LogP contribution is 2.51. The number of piperazine rings is 3. The van der Waals surface area contributed by atoms with Gasteiger partial charge in [0.2, 0.25) is 5.91 Å². The molecule has 9 aromatic carbocycles. The maximum atomic E-state index is 14.4. The second kappa shape index (κ2) is 36.2. The van der Waals surface area contributed by atoms with Gasteiger partial charge in [0.1, 0.15) is 51.8 Å². The summed E-state index contributed by atoms with van der Waals surface area (Å²) in [5.41, 5.74) is 3.68. The van der Waals surface area contributed by atoms with Gasteiger partial charge in [-0.1, -0.05) is 36.4 Å². The van der Waals surface area contributed by atoms with E-state index in [1.54, 1.807) is 35.2 Å². The molecule has 4 atom stereocenters. The molecule has 6 heterocycles. The lowest BCUT2D eigenvalue weighted by Crippen LogP contribution is -2.70. The van der Waals surface area contributed by atoms with E-state index >= 15 is 0 Å². The van der Waals surface area contributed by atoms with Crippen LogP contribution in [0.5, 0.6) is 17.2 Å². The third-order valence-corrected chi connectivity index (χ3v) is 30.3. The van der Waals surface area contributed by atoms with Gasteiger partial charge in [-0.25, -0.2) is 38.4 Å². The fourth-order valence-corrected chi connectivity index (χ4v) is 22.8. The third kappa shape index (κ3) is 19.1. The Morgan fingerprint density at radius 3 is 1.04 bits per heavy atom. The van der Waals surface area contributed by atoms with Gasteiger partial charge < -0.3 is 39.8 Å². The molecule has 0 bridgehead atoms. The van der Waals surface area contributed by atoms with Gasteiger partial charge >= 0.3 is 44.3 Å². The molecule has 0 spiro atoms. The molecule has 132 heavy (non-hydrogen) atoms. The van der Waals surface area contributed by atoms with E-state index < -0.39 is 182 Å². The van der Waals surface area contributed by atoms with Crippen LogP contribution in [-0.4, -0.2) is 191 Å². The lowest BCUT2D eigenvalue weighted by Gasteiger charge is -2.55. The molecule has 0 radical (unpaired) electrons. The number of aliphatic carboxylic acids is 1. The number of nitriles is 1. The van der Waals surface area contributed by atoms with Crippen molar-refractivity contribution in [2.24, 2.45) is 5.73 Å². The van der Waals surface area contributed by atoms with Crippen molar-refractivity contribution in [1.29, 1.82) is 5.26 Å². The predicted molar refractivity (Wildman–Crippen MR) is 447 cm³/mol. The van der Waals surface area contributed by atoms with Crippen molar-refractivity contribution in [3.63, 3.8) is 0 Å². The van der Waals surface area contributed by atoms with Crippen LogP contribution in [-0.2, 0) is 58.2 Å². The van der Waals surface area contributed by atoms with Crippen LogP contribution in [0.3, 0.4) is 0 Å². The zero-order valence-electron chi connectivity index (χ0n) is 69.1. The van der Waals surface area contributed by atoms with Crippen molar-refractivity contribution in [2.45, 2.75) is 134 Å². The van der Waals surface area contributed by atoms with Gasteiger partial charge in [0, 0.05) is 77.1 Å². The van der Waals surface area contributed by atoms with Crippen LogP contribution in [0.2, 0.25) is 0 Å². The molecule has 9 aromatic rings. The number of sulfonamides is 3. The second-order valence-electron chi connectivity index (χ2n) is 32.6. The van der Waals surface area contributed by atoms with Gasteiger partial charge in [0.15, 0.2) is 0 Å². The normalized spacial score (nSPS) is 19.4. The summed E-state index contributed by atoms with van der Waals surface area (Å²) >= 11 is 0. The van der Waals surface area contributed by atoms with E-state index in [0.29, 0.717) is 107 Å². The van der Waals surface area contributed by atoms with Crippen molar-refractivity contribution in [3.8, 4) is 56.7 Å². The first kappa shape index (κ1) is 94.7. The standard InChI is InChI=1S/C30H28F6N4O4S.C30H26F6N4O3S.C28H25F6N3O5S/c31-21-11-19(12-23(15-21)44-28(32)33)18-5-6-25-26(13-18)40(45(42,43)24-4-1-3-20(14-24)30(34,35)36)17-22-16-38(9-10-39(22)25)29(27(37)41)7-2-8-29;31-22-11-20(12-24(15-22)43-28(32)33)19-5-6-26-27(13-19)40(44(41,42)25-4-1-3-21(14-25)30(34,35)36)17-23-16-38(9-10-39(23)26)29(18-37)7-2-8-29;1-16(26(38)39)35-7-8-36-21(14-35)15-37(43(40,41)23-4-2-3-19(12-23)28(32,33)34)25-11-17(5-6-24(25)36)18-9-20(29)13-22(10-18)42-27(30)31/h1,3-6,11-15,22,28H,2,7-10,16-17H2,(H2,37,41);1,3-6,11-15,23,28H,2,7-10,16-17H2;2-6,9-13,16,21,27H,7-8,14-15H2,1H3,(H,38,39)/t22-;23-;16-,21-/m000/s1. The number of hydrogen-bond acceptors (Lipinski definition) is 18. The number of carboxylic acid groups (broad SMARTS) is 1. The molecule has 702 valence electrons. The molecule has 23 nitrogen and oxygen atoms in total. The van der Waals surface area contributed by atoms with E-state index in [1.165, 1.54) is 43.3 Å². The molecule has 17 rings (SSSR count). The second-order valence-corrected chi connectivity index (χ2v) is 38.2. The lowest BCUT2D eigenvalue weighted by atomic mass is 9.74. The number of primary amides is 1. The first-order chi connectivity index (χ1) is 62.1. The summed E-state index contributed by atoms with van der Waals surface area (Å²) < 4.78 is 342. The van der Waals surface area contributed by atoms with Crippen molar-refractivity contribution >= 4 is 76.1 Å². The van der Waals surface area contributed by atoms with Crippen LogP contribution in [0, 0.1) is 28.8 Å². The van der Waals surface area contributed by atoms with Crippen molar-refractivity contribution in [3.05, 3.63) is 216 Å². The molecule has 5 fully saturated rings. The zero-order chi connectivity index (χ0) is 95.0. The van der Waals surface area contributed by atoms with Crippen molar-refractivity contribution < 1.29 is 133 Å². The van der Waals surface area contributed by atoms with Crippen LogP contribution >= 0.6 is 0 Å². The number of nitrogens with zero attached hydrogens (tertiary/aromatic N) is 10. The number of amides is 1. The number of rotatable bonds is 20. The van der Waals surface area contributed by atoms with Gasteiger partial charge in [0.25, 0.3) is 30.1 Å². The maximum absolute atomic E-state index is 14.4. The van der Waals surface area contributed by atoms with E-state index in [2.05, 4.69) is 25.2 Å². The van der Waals surface area contributed by atoms with Crippen LogP contribution in [0.4, 0.5) is 113 Å². The third-order valence-electron chi connectivity index (χ3n) is 25.0. The summed E-state index contributed by atoms with van der Waals surface area (Å²) in [5, 5.41) is 19.4. The topological polar surface area (TPSA) is 263 Å². The summed E-state index contributed by atoms with van der Waals surface area (Å²) in [6, 6.07) is 33.1. The Hall–Kier alpha value is -11.9. The number of carbonyl (C=O) groups is 2. The minimum absolute atomic E-state index is 0.0754. The molecular weight excluding hydrogens is 1840 g/mol. The molecular formula is C88H79F18N11O12S3. The fourth-order valence-electron chi connectivity index (χ4n) is 18.1. The first-order valence-corrected chi connectivity index (χ1v) is 45.2. The summed E-state index contributed by atoms with van der Waals surface area (Å²) in [6.07, 6.45) is -10.1. The van der Waals surface area contributed by atoms with Gasteiger partial charge in [-0.15, -0.1) is 0 Å². The number of benzene rings is 9. The number of anilines is 6. The highest BCUT2D eigenvalue weighted by Gasteiger charge is 2.53. The Morgan fingerprint density at radius 1 is 0.417 bits per heavy atom. The number of carboxylic acids is 1. The first-order valence-electron chi connectivity index (χ1n) is 40.9. The largest absolute Gasteiger partial charge is 0.480 e. The lowest BCUT2D eigenvalue weighted by molar-refractivity contribution is -0.143. The average molecular weight is 1920 g/mol. The number of hydrogen-bond donors (Lipinski definition) is 2. The predicted octanol–water partition coefficient (Wildman–Crippen LogP) is 16.8. The zero-order valence-corrected chi connectivity index (χ0v) is 71.6. The number of alkyl halides is 15. The smallest absolute Gasteiger partial charge is 0.416 e. The van der Waals surface area contributed by atoms with Gasteiger partial charge in [-0.3, -0.25) is 37.2 Å². The average Bonchev–Trinajstić information content (AvgIpc) is 0.729. The molecule has 3 N–H and O–H groups in total. The van der Waals surface area contributed by atoms with Crippen molar-refractivity contribution in [2.75, 3.05) is 106 Å². The molecule has 2 aliphatic carbocycles. The molecule has 3 saturated heterocycles. The monoisotopic (exact) mass is 1920 g/mol. The number of ether oxygens (including phenoxy) is 3. The van der Waals surface area contributed by atoms with E-state index in [-0.39, 0.29) is 83.2 Å². The molecule has 0 aromatic heterocycles. The Morgan fingerprint density at radius 2 is 0.742 bits per heavy atom. The molecule has 44 heteroatoms. The minimum Gasteiger partial charge on any atom is -0.480 e. The van der Waals surface area contributed by atoms with Gasteiger partial charge in [0.05, 0.1) is 109 Å². The van der Waals surface area contributed by atoms with E-state index in [9.17, 15) is 124 Å². The van der Waals surface area contributed by atoms with Crippen LogP contribution in [0.15, 0.2) is 197 Å². The van der Waals surface area contributed by atoms with E-state index in [1.807, 2.05) is 19.6 Å². The molecule has 0 unspecified atom stereocenters. The van der Waals surface area contributed by atoms with Gasteiger partial charge in [-0.05, 0) is 206 Å². The number of carbonyl (C=O) groups excluding carboxylic acids is 1. The summed E-state index contributed by atoms with van der Waals surface area (Å²) in [4.78, 5) is 33.9. The Labute approximate surface area is 744 Å². The SMILES string of the molecule is C[C@@H](C(=O)O)N1CCN2c3ccc(-c4cc(F)cc(OC(F)F)c4)cc3N(S(=O)(=O)c3cccc(C(F)(F)F)c3)C[C@@H]2C1.N#CC1(N2CCN3c4ccc(-c5cc(F)cc(OC(F)F)c5)cc4N(S(=O)(=O)c4cccc(C(F)(F)F)c4)C[C@@H]3C2)CCC1.NC(=O)C1(N2CCN3c4ccc(-c5cc(F)cc(OC(F)F)c5)cc4N(S(=O)(=O)c4cccc(C(F)(F)F)c4)C[C@@H]3C2)CCC1. The molecule has 6 aliphatic heterocycles. The molecule has 8 aliphatic rings. The molecule has 2 saturated carbocycles. The highest BCUT2D eigenvalue weighted by atomic mass is 32.2. The minimum atomic E-state index is -4.80. The summed E-state index contributed by atoms with van der Waals surface area (Å²) in [7, 11) is -13.8. The van der Waals surface area contributed by atoms with Crippen molar-refractivity contribution in [1.82, 2.24) is 14.7 Å². The van der Waals surface area contributed by atoms with Crippen LogP contribution < -0.4 is 47.6 Å². The number of nitrogens with two attached hydrogens (primary N) is 1. The summed E-state index contributed by atoms with van der Waals surface area (Å²) in [6.45, 7) is -5.35. The van der Waals surface area contributed by atoms with Crippen LogP contribution in [0.25, 0.3) is 33.4 Å². The Kier molecular flexibility index (Phi) is 26.0. The number of halogens is 18. The quantitative estimate of drug-likeness (QED) is 0.0672. The van der Waals surface area contributed by atoms with E-state index in [4.69, 9.17) is 5.73 Å². The number of fused-ring (bicyclic) bond motifs is 9. The highest BCUT2D eigenvalue weighted by molar-refractivity contribution is 7.93. The Balaban J connectivity index is 0.000000151. The van der Waals surface area contributed by atoms with Crippen LogP contribution in [0.1, 0.15) is 62.1 Å². The van der Waals surface area contributed by atoms with Gasteiger partial charge in [-0.2, -0.15) is 71.1 Å². The fraction of sp³-hybridized carbons (Fsp3) is 0.352. The summed E-state index contributed by atoms with van der Waals surface area (Å²) in [5.74, 6) is -5.47. The maximum Gasteiger partial charge on any atom is 0.416 e.